The summed E-state index contributed by atoms with van der Waals surface area (Å²) in [6, 6.07) is 7.96. The zero-order valence-electron chi connectivity index (χ0n) is 10.3. The Hall–Kier alpha value is -1.01. The molecule has 17 heavy (non-hydrogen) atoms. The van der Waals surface area contributed by atoms with Gasteiger partial charge in [-0.1, -0.05) is 48.5 Å². The predicted octanol–water partition coefficient (Wildman–Crippen LogP) is 4.70. The third kappa shape index (κ3) is 5.23. The Labute approximate surface area is 112 Å². The van der Waals surface area contributed by atoms with Crippen molar-refractivity contribution in [3.63, 3.8) is 0 Å². The predicted molar refractivity (Wildman–Crippen MR) is 76.1 cm³/mol. The van der Waals surface area contributed by atoms with Crippen LogP contribution in [0.25, 0.3) is 0 Å². The van der Waals surface area contributed by atoms with Gasteiger partial charge in [0, 0.05) is 11.0 Å². The number of anilines is 1. The van der Waals surface area contributed by atoms with E-state index in [9.17, 15) is 0 Å². The van der Waals surface area contributed by atoms with Crippen LogP contribution in [0.3, 0.4) is 0 Å². The lowest BCUT2D eigenvalue weighted by Crippen LogP contribution is -2.03. The van der Waals surface area contributed by atoms with Gasteiger partial charge in [0.2, 0.25) is 0 Å². The van der Waals surface area contributed by atoms with E-state index in [0.29, 0.717) is 5.56 Å². The van der Waals surface area contributed by atoms with Crippen LogP contribution in [0.4, 0.5) is 5.69 Å². The van der Waals surface area contributed by atoms with Gasteiger partial charge in [-0.3, -0.25) is 0 Å². The summed E-state index contributed by atoms with van der Waals surface area (Å²) in [4.78, 5) is 0. The van der Waals surface area contributed by atoms with E-state index in [1.54, 1.807) is 0 Å². The molecule has 0 fully saturated rings. The summed E-state index contributed by atoms with van der Waals surface area (Å²) < 4.78 is 0.947. The number of unbranched alkanes of at least 4 members (excludes halogenated alkanes) is 4. The van der Waals surface area contributed by atoms with E-state index >= 15 is 0 Å². The van der Waals surface area contributed by atoms with Gasteiger partial charge in [-0.05, 0) is 24.6 Å². The van der Waals surface area contributed by atoms with Crippen LogP contribution < -0.4 is 5.32 Å². The maximum Gasteiger partial charge on any atom is 0.101 e. The lowest BCUT2D eigenvalue weighted by molar-refractivity contribution is 0.645. The first kappa shape index (κ1) is 14.1. The van der Waals surface area contributed by atoms with Gasteiger partial charge in [-0.25, -0.2) is 0 Å². The van der Waals surface area contributed by atoms with E-state index in [0.717, 1.165) is 16.7 Å². The lowest BCUT2D eigenvalue weighted by atomic mass is 10.1. The first-order chi connectivity index (χ1) is 8.27. The van der Waals surface area contributed by atoms with Crippen molar-refractivity contribution in [2.45, 2.75) is 39.0 Å². The minimum absolute atomic E-state index is 0.702. The molecule has 0 radical (unpaired) electrons. The second kappa shape index (κ2) is 8.14. The first-order valence-corrected chi connectivity index (χ1v) is 7.00. The molecule has 0 aliphatic carbocycles. The highest BCUT2D eigenvalue weighted by Crippen LogP contribution is 2.20. The summed E-state index contributed by atoms with van der Waals surface area (Å²) in [5.74, 6) is 0. The Kier molecular flexibility index (Phi) is 6.73. The second-order valence-corrected chi connectivity index (χ2v) is 5.06. The van der Waals surface area contributed by atoms with Crippen LogP contribution in [0.2, 0.25) is 0 Å². The number of nitriles is 1. The van der Waals surface area contributed by atoms with Crippen LogP contribution in [-0.2, 0) is 0 Å². The van der Waals surface area contributed by atoms with Gasteiger partial charge < -0.3 is 5.32 Å². The highest BCUT2D eigenvalue weighted by molar-refractivity contribution is 9.10. The monoisotopic (exact) mass is 294 g/mol. The van der Waals surface area contributed by atoms with E-state index in [4.69, 9.17) is 5.26 Å². The summed E-state index contributed by atoms with van der Waals surface area (Å²) in [6.45, 7) is 3.17. The standard InChI is InChI=1S/C14H19BrN2/c1-2-3-4-5-6-9-17-14-8-7-13(15)10-12(14)11-16/h7-8,10,17H,2-6,9H2,1H3. The highest BCUT2D eigenvalue weighted by Gasteiger charge is 2.01. The lowest BCUT2D eigenvalue weighted by Gasteiger charge is -2.08. The number of hydrogen-bond acceptors (Lipinski definition) is 2. The maximum absolute atomic E-state index is 9.00. The molecular formula is C14H19BrN2. The zero-order valence-corrected chi connectivity index (χ0v) is 11.9. The van der Waals surface area contributed by atoms with Gasteiger partial charge >= 0.3 is 0 Å². The van der Waals surface area contributed by atoms with Crippen molar-refractivity contribution in [2.75, 3.05) is 11.9 Å². The maximum atomic E-state index is 9.00. The van der Waals surface area contributed by atoms with E-state index in [2.05, 4.69) is 34.2 Å². The minimum atomic E-state index is 0.702. The molecule has 1 rings (SSSR count). The Morgan fingerprint density at radius 2 is 2.00 bits per heavy atom. The molecule has 92 valence electrons. The highest BCUT2D eigenvalue weighted by atomic mass is 79.9. The summed E-state index contributed by atoms with van der Waals surface area (Å²) >= 11 is 3.37. The van der Waals surface area contributed by atoms with E-state index in [1.807, 2.05) is 18.2 Å². The van der Waals surface area contributed by atoms with Gasteiger partial charge in [0.25, 0.3) is 0 Å². The molecular weight excluding hydrogens is 276 g/mol. The number of hydrogen-bond donors (Lipinski definition) is 1. The molecule has 1 aromatic carbocycles. The van der Waals surface area contributed by atoms with Crippen molar-refractivity contribution in [1.82, 2.24) is 0 Å². The second-order valence-electron chi connectivity index (χ2n) is 4.14. The molecule has 0 spiro atoms. The molecule has 0 aliphatic rings. The van der Waals surface area contributed by atoms with Crippen molar-refractivity contribution in [3.8, 4) is 6.07 Å². The molecule has 2 nitrogen and oxygen atoms in total. The Balaban J connectivity index is 2.34. The van der Waals surface area contributed by atoms with Gasteiger partial charge in [-0.2, -0.15) is 5.26 Å². The summed E-state index contributed by atoms with van der Waals surface area (Å²) in [5.41, 5.74) is 1.64. The number of nitrogens with zero attached hydrogens (tertiary/aromatic N) is 1. The van der Waals surface area contributed by atoms with Crippen molar-refractivity contribution in [1.29, 1.82) is 5.26 Å². The molecule has 0 aliphatic heterocycles. The first-order valence-electron chi connectivity index (χ1n) is 6.21. The molecule has 0 aromatic heterocycles. The van der Waals surface area contributed by atoms with Gasteiger partial charge in [-0.15, -0.1) is 0 Å². The van der Waals surface area contributed by atoms with Gasteiger partial charge in [0.1, 0.15) is 6.07 Å². The Bertz CT molecular complexity index is 382. The van der Waals surface area contributed by atoms with Gasteiger partial charge in [0.05, 0.1) is 11.3 Å². The largest absolute Gasteiger partial charge is 0.384 e. The van der Waals surface area contributed by atoms with Crippen molar-refractivity contribution < 1.29 is 0 Å². The Morgan fingerprint density at radius 3 is 2.71 bits per heavy atom. The minimum Gasteiger partial charge on any atom is -0.384 e. The average Bonchev–Trinajstić information content (AvgIpc) is 2.35. The van der Waals surface area contributed by atoms with Crippen molar-refractivity contribution in [2.24, 2.45) is 0 Å². The quantitative estimate of drug-likeness (QED) is 0.740. The summed E-state index contributed by atoms with van der Waals surface area (Å²) in [7, 11) is 0. The summed E-state index contributed by atoms with van der Waals surface area (Å²) in [5, 5.41) is 12.3. The Morgan fingerprint density at radius 1 is 1.24 bits per heavy atom. The van der Waals surface area contributed by atoms with Crippen LogP contribution in [-0.4, -0.2) is 6.54 Å². The van der Waals surface area contributed by atoms with Crippen LogP contribution in [0.15, 0.2) is 22.7 Å². The smallest absolute Gasteiger partial charge is 0.101 e. The fourth-order valence-corrected chi connectivity index (χ4v) is 2.08. The number of nitrogens with one attached hydrogen (secondary N) is 1. The number of halogens is 1. The summed E-state index contributed by atoms with van der Waals surface area (Å²) in [6.07, 6.45) is 6.34. The van der Waals surface area contributed by atoms with E-state index in [-0.39, 0.29) is 0 Å². The fraction of sp³-hybridized carbons (Fsp3) is 0.500. The van der Waals surface area contributed by atoms with E-state index in [1.165, 1.54) is 32.1 Å². The zero-order chi connectivity index (χ0) is 12.5. The fourth-order valence-electron chi connectivity index (χ4n) is 1.71. The third-order valence-electron chi connectivity index (χ3n) is 2.70. The van der Waals surface area contributed by atoms with E-state index < -0.39 is 0 Å². The normalized spacial score (nSPS) is 9.94. The number of rotatable bonds is 7. The molecule has 1 aromatic rings. The molecule has 0 bridgehead atoms. The topological polar surface area (TPSA) is 35.8 Å². The molecule has 3 heteroatoms. The van der Waals surface area contributed by atoms with Crippen molar-refractivity contribution >= 4 is 21.6 Å². The SMILES string of the molecule is CCCCCCCNc1ccc(Br)cc1C#N. The third-order valence-corrected chi connectivity index (χ3v) is 3.19. The number of benzene rings is 1. The van der Waals surface area contributed by atoms with Gasteiger partial charge in [0.15, 0.2) is 0 Å². The van der Waals surface area contributed by atoms with Crippen LogP contribution >= 0.6 is 15.9 Å². The molecule has 0 saturated heterocycles. The molecule has 0 atom stereocenters. The van der Waals surface area contributed by atoms with Crippen LogP contribution in [0.5, 0.6) is 0 Å². The van der Waals surface area contributed by atoms with Crippen molar-refractivity contribution in [3.05, 3.63) is 28.2 Å². The molecule has 0 heterocycles. The molecule has 0 saturated carbocycles. The average molecular weight is 295 g/mol. The molecule has 0 unspecified atom stereocenters. The molecule has 0 amide bonds. The van der Waals surface area contributed by atoms with Crippen LogP contribution in [0, 0.1) is 11.3 Å². The van der Waals surface area contributed by atoms with Crippen LogP contribution in [0.1, 0.15) is 44.6 Å². The molecule has 1 N–H and O–H groups in total.